The van der Waals surface area contributed by atoms with Gasteiger partial charge in [0, 0.05) is 5.88 Å². The van der Waals surface area contributed by atoms with Gasteiger partial charge in [-0.3, -0.25) is 0 Å². The Hall–Kier alpha value is 1.83. The van der Waals surface area contributed by atoms with E-state index in [1.165, 1.54) is 0 Å². The van der Waals surface area contributed by atoms with Crippen LogP contribution >= 0.6 is 66.7 Å². The van der Waals surface area contributed by atoms with Gasteiger partial charge >= 0.3 is 0 Å². The van der Waals surface area contributed by atoms with E-state index in [0.717, 1.165) is 12.8 Å². The van der Waals surface area contributed by atoms with Crippen LogP contribution in [0.1, 0.15) is 12.8 Å². The molecule has 0 saturated heterocycles. The van der Waals surface area contributed by atoms with Crippen LogP contribution in [0, 0.1) is 0 Å². The Bertz CT molecular complexity index is 91.4. The SMILES string of the molecule is ClCCCC(Br)C(Cl)(Cl)Br. The van der Waals surface area contributed by atoms with Gasteiger partial charge in [0.15, 0.2) is 3.24 Å². The second-order valence-corrected chi connectivity index (χ2v) is 6.87. The molecule has 0 spiro atoms. The van der Waals surface area contributed by atoms with Gasteiger partial charge < -0.3 is 0 Å². The second-order valence-electron chi connectivity index (χ2n) is 1.84. The van der Waals surface area contributed by atoms with E-state index in [2.05, 4.69) is 31.9 Å². The first-order valence-electron chi connectivity index (χ1n) is 2.75. The molecule has 5 heteroatoms. The smallest absolute Gasteiger partial charge is 0.127 e. The molecular formula is C5H7Br2Cl3. The Labute approximate surface area is 92.8 Å². The minimum absolute atomic E-state index is 0.0436. The lowest BCUT2D eigenvalue weighted by molar-refractivity contribution is 0.774. The minimum Gasteiger partial charge on any atom is -0.127 e. The third-order valence-corrected chi connectivity index (χ3v) is 4.58. The molecule has 0 nitrogen and oxygen atoms in total. The molecule has 0 fully saturated rings. The number of halogens is 5. The Morgan fingerprint density at radius 3 is 2.20 bits per heavy atom. The topological polar surface area (TPSA) is 0 Å². The summed E-state index contributed by atoms with van der Waals surface area (Å²) in [5.74, 6) is 0.638. The van der Waals surface area contributed by atoms with E-state index < -0.39 is 3.24 Å². The molecule has 0 aliphatic carbocycles. The van der Waals surface area contributed by atoms with Crippen LogP contribution in [0.25, 0.3) is 0 Å². The zero-order valence-electron chi connectivity index (χ0n) is 5.09. The minimum atomic E-state index is -0.876. The van der Waals surface area contributed by atoms with Gasteiger partial charge in [0.2, 0.25) is 0 Å². The number of rotatable bonds is 4. The highest BCUT2D eigenvalue weighted by Crippen LogP contribution is 2.38. The maximum atomic E-state index is 5.71. The third-order valence-electron chi connectivity index (χ3n) is 0.946. The molecule has 0 amide bonds. The second kappa shape index (κ2) is 5.47. The molecule has 0 aliphatic heterocycles. The quantitative estimate of drug-likeness (QED) is 0.673. The zero-order chi connectivity index (χ0) is 8.20. The Morgan fingerprint density at radius 2 is 1.90 bits per heavy atom. The average Bonchev–Trinajstić information content (AvgIpc) is 1.80. The van der Waals surface area contributed by atoms with Gasteiger partial charge in [0.25, 0.3) is 0 Å². The van der Waals surface area contributed by atoms with Crippen LogP contribution < -0.4 is 0 Å². The van der Waals surface area contributed by atoms with E-state index >= 15 is 0 Å². The molecular weight excluding hydrogens is 326 g/mol. The molecule has 1 atom stereocenters. The van der Waals surface area contributed by atoms with Crippen molar-refractivity contribution in [1.82, 2.24) is 0 Å². The van der Waals surface area contributed by atoms with E-state index in [1.807, 2.05) is 0 Å². The maximum Gasteiger partial charge on any atom is 0.184 e. The summed E-state index contributed by atoms with van der Waals surface area (Å²) in [4.78, 5) is 0.0436. The summed E-state index contributed by atoms with van der Waals surface area (Å²) in [5.41, 5.74) is 0. The van der Waals surface area contributed by atoms with E-state index in [0.29, 0.717) is 5.88 Å². The molecule has 0 heterocycles. The molecule has 0 N–H and O–H groups in total. The molecule has 0 aromatic rings. The van der Waals surface area contributed by atoms with Crippen molar-refractivity contribution in [2.45, 2.75) is 20.9 Å². The van der Waals surface area contributed by atoms with Gasteiger partial charge in [0.05, 0.1) is 4.83 Å². The summed E-state index contributed by atoms with van der Waals surface area (Å²) in [6, 6.07) is 0. The number of alkyl halides is 5. The van der Waals surface area contributed by atoms with E-state index in [9.17, 15) is 0 Å². The zero-order valence-corrected chi connectivity index (χ0v) is 10.5. The predicted octanol–water partition coefficient (Wildman–Crippen LogP) is 4.30. The fraction of sp³-hybridized carbons (Fsp3) is 1.00. The van der Waals surface area contributed by atoms with Crippen LogP contribution in [-0.2, 0) is 0 Å². The third kappa shape index (κ3) is 5.48. The van der Waals surface area contributed by atoms with Crippen molar-refractivity contribution in [2.24, 2.45) is 0 Å². The van der Waals surface area contributed by atoms with Crippen LogP contribution in [-0.4, -0.2) is 13.9 Å². The average molecular weight is 333 g/mol. The van der Waals surface area contributed by atoms with Crippen molar-refractivity contribution in [3.8, 4) is 0 Å². The molecule has 62 valence electrons. The lowest BCUT2D eigenvalue weighted by Gasteiger charge is -2.17. The van der Waals surface area contributed by atoms with Gasteiger partial charge in [-0.15, -0.1) is 11.6 Å². The summed E-state index contributed by atoms with van der Waals surface area (Å²) in [6.07, 6.45) is 1.77. The van der Waals surface area contributed by atoms with Gasteiger partial charge in [0.1, 0.15) is 0 Å². The highest BCUT2D eigenvalue weighted by molar-refractivity contribution is 9.13. The fourth-order valence-corrected chi connectivity index (χ4v) is 1.35. The van der Waals surface area contributed by atoms with Gasteiger partial charge in [-0.1, -0.05) is 39.1 Å². The fourth-order valence-electron chi connectivity index (χ4n) is 0.420. The first-order valence-corrected chi connectivity index (χ1v) is 5.75. The summed E-state index contributed by atoms with van der Waals surface area (Å²) < 4.78 is -0.876. The maximum absolute atomic E-state index is 5.71. The van der Waals surface area contributed by atoms with Gasteiger partial charge in [-0.05, 0) is 28.8 Å². The molecule has 0 aliphatic rings. The van der Waals surface area contributed by atoms with Crippen LogP contribution in [0.2, 0.25) is 0 Å². The molecule has 10 heavy (non-hydrogen) atoms. The van der Waals surface area contributed by atoms with Crippen molar-refractivity contribution < 1.29 is 0 Å². The van der Waals surface area contributed by atoms with Crippen LogP contribution in [0.5, 0.6) is 0 Å². The monoisotopic (exact) mass is 330 g/mol. The van der Waals surface area contributed by atoms with Crippen molar-refractivity contribution in [2.75, 3.05) is 5.88 Å². The van der Waals surface area contributed by atoms with Crippen molar-refractivity contribution in [3.05, 3.63) is 0 Å². The van der Waals surface area contributed by atoms with Crippen molar-refractivity contribution in [3.63, 3.8) is 0 Å². The van der Waals surface area contributed by atoms with E-state index in [1.54, 1.807) is 0 Å². The largest absolute Gasteiger partial charge is 0.184 e. The van der Waals surface area contributed by atoms with Crippen molar-refractivity contribution >= 4 is 66.7 Å². The molecule has 0 bridgehead atoms. The summed E-state index contributed by atoms with van der Waals surface area (Å²) in [7, 11) is 0. The number of hydrogen-bond acceptors (Lipinski definition) is 0. The Kier molecular flexibility index (Phi) is 6.47. The predicted molar refractivity (Wildman–Crippen MR) is 56.0 cm³/mol. The summed E-state index contributed by atoms with van der Waals surface area (Å²) >= 11 is 23.3. The van der Waals surface area contributed by atoms with Crippen LogP contribution in [0.4, 0.5) is 0 Å². The molecule has 0 aromatic heterocycles. The van der Waals surface area contributed by atoms with E-state index in [4.69, 9.17) is 34.8 Å². The molecule has 0 saturated carbocycles. The molecule has 0 rings (SSSR count). The van der Waals surface area contributed by atoms with Gasteiger partial charge in [-0.25, -0.2) is 0 Å². The lowest BCUT2D eigenvalue weighted by Crippen LogP contribution is -2.17. The van der Waals surface area contributed by atoms with Crippen molar-refractivity contribution in [1.29, 1.82) is 0 Å². The highest BCUT2D eigenvalue weighted by Gasteiger charge is 2.28. The standard InChI is InChI=1S/C5H7Br2Cl3/c6-4(2-1-3-8)5(7,9)10/h4H,1-3H2. The summed E-state index contributed by atoms with van der Waals surface area (Å²) in [6.45, 7) is 0. The molecule has 0 radical (unpaired) electrons. The normalized spacial score (nSPS) is 15.3. The molecule has 1 unspecified atom stereocenters. The van der Waals surface area contributed by atoms with Gasteiger partial charge in [-0.2, -0.15) is 0 Å². The first kappa shape index (κ1) is 11.8. The summed E-state index contributed by atoms with van der Waals surface area (Å²) in [5, 5.41) is 0. The number of hydrogen-bond donors (Lipinski definition) is 0. The van der Waals surface area contributed by atoms with Crippen LogP contribution in [0.3, 0.4) is 0 Å². The van der Waals surface area contributed by atoms with Crippen LogP contribution in [0.15, 0.2) is 0 Å². The first-order chi connectivity index (χ1) is 4.48. The highest BCUT2D eigenvalue weighted by atomic mass is 79.9. The lowest BCUT2D eigenvalue weighted by atomic mass is 10.3. The Morgan fingerprint density at radius 1 is 1.40 bits per heavy atom. The molecule has 0 aromatic carbocycles. The van der Waals surface area contributed by atoms with E-state index in [-0.39, 0.29) is 4.83 Å². The Balaban J connectivity index is 3.52.